The molecule has 0 fully saturated rings. The van der Waals surface area contributed by atoms with Crippen LogP contribution in [0.2, 0.25) is 20.1 Å². The van der Waals surface area contributed by atoms with Crippen molar-refractivity contribution in [1.82, 2.24) is 0 Å². The second-order valence-electron chi connectivity index (χ2n) is 7.85. The molecule has 170 valence electrons. The summed E-state index contributed by atoms with van der Waals surface area (Å²) in [6, 6.07) is 23.1. The third-order valence-corrected chi connectivity index (χ3v) is 6.46. The molecule has 4 aromatic carbocycles. The summed E-state index contributed by atoms with van der Waals surface area (Å²) >= 11 is 24.4. The SMILES string of the molecule is Cc1cc(-c2ccc(N=Cc3ccc(Cl)cc3Cl)c(C)c2)ccc1N=Cc1ccc(Cl)cc1Cl. The maximum absolute atomic E-state index is 6.24. The van der Waals surface area contributed by atoms with Crippen LogP contribution >= 0.6 is 46.4 Å². The van der Waals surface area contributed by atoms with Gasteiger partial charge in [-0.1, -0.05) is 70.7 Å². The molecule has 0 aliphatic rings. The van der Waals surface area contributed by atoms with Gasteiger partial charge in [-0.15, -0.1) is 0 Å². The molecule has 0 amide bonds. The van der Waals surface area contributed by atoms with Crippen LogP contribution in [0.4, 0.5) is 11.4 Å². The molecule has 0 aliphatic heterocycles. The molecule has 34 heavy (non-hydrogen) atoms. The van der Waals surface area contributed by atoms with Crippen LogP contribution < -0.4 is 0 Å². The Kier molecular flexibility index (Phi) is 7.75. The molecule has 0 heterocycles. The first-order valence-corrected chi connectivity index (χ1v) is 12.0. The average Bonchev–Trinajstić information content (AvgIpc) is 2.79. The summed E-state index contributed by atoms with van der Waals surface area (Å²) in [7, 11) is 0. The van der Waals surface area contributed by atoms with Gasteiger partial charge in [-0.2, -0.15) is 0 Å². The minimum atomic E-state index is 0.571. The van der Waals surface area contributed by atoms with Gasteiger partial charge in [0.1, 0.15) is 0 Å². The molecule has 2 nitrogen and oxygen atoms in total. The Hall–Kier alpha value is -2.62. The van der Waals surface area contributed by atoms with E-state index in [1.807, 2.05) is 38.1 Å². The first kappa shape index (κ1) is 24.5. The first-order valence-electron chi connectivity index (χ1n) is 10.5. The Morgan fingerprint density at radius 3 is 1.29 bits per heavy atom. The van der Waals surface area contributed by atoms with Crippen LogP contribution in [0.5, 0.6) is 0 Å². The predicted molar refractivity (Wildman–Crippen MR) is 149 cm³/mol. The molecule has 0 aliphatic carbocycles. The highest BCUT2D eigenvalue weighted by Gasteiger charge is 2.06. The number of aryl methyl sites for hydroxylation is 2. The zero-order valence-corrected chi connectivity index (χ0v) is 21.5. The van der Waals surface area contributed by atoms with E-state index in [0.717, 1.165) is 44.8 Å². The summed E-state index contributed by atoms with van der Waals surface area (Å²) < 4.78 is 0. The van der Waals surface area contributed by atoms with Crippen molar-refractivity contribution in [3.8, 4) is 11.1 Å². The molecule has 0 atom stereocenters. The molecule has 0 N–H and O–H groups in total. The van der Waals surface area contributed by atoms with Gasteiger partial charge >= 0.3 is 0 Å². The Morgan fingerprint density at radius 1 is 0.529 bits per heavy atom. The van der Waals surface area contributed by atoms with Gasteiger partial charge in [0.15, 0.2) is 0 Å². The fraction of sp³-hybridized carbons (Fsp3) is 0.0714. The van der Waals surface area contributed by atoms with E-state index < -0.39 is 0 Å². The number of hydrogen-bond donors (Lipinski definition) is 0. The lowest BCUT2D eigenvalue weighted by atomic mass is 10.00. The van der Waals surface area contributed by atoms with Crippen molar-refractivity contribution < 1.29 is 0 Å². The Morgan fingerprint density at radius 2 is 0.941 bits per heavy atom. The topological polar surface area (TPSA) is 24.7 Å². The van der Waals surface area contributed by atoms with Gasteiger partial charge in [0.25, 0.3) is 0 Å². The van der Waals surface area contributed by atoms with Crippen molar-refractivity contribution in [1.29, 1.82) is 0 Å². The zero-order chi connectivity index (χ0) is 24.2. The van der Waals surface area contributed by atoms with E-state index in [2.05, 4.69) is 34.3 Å². The van der Waals surface area contributed by atoms with Gasteiger partial charge in [0.2, 0.25) is 0 Å². The molecule has 4 rings (SSSR count). The standard InChI is InChI=1S/C28H20Cl4N2/c1-17-11-19(5-9-27(17)33-15-21-3-7-23(29)13-25(21)31)20-6-10-28(18(2)12-20)34-16-22-4-8-24(30)14-26(22)32/h3-16H,1-2H3. The quantitative estimate of drug-likeness (QED) is 0.231. The molecule has 0 saturated heterocycles. The molecular formula is C28H20Cl4N2. The third-order valence-electron chi connectivity index (χ3n) is 5.34. The summed E-state index contributed by atoms with van der Waals surface area (Å²) in [4.78, 5) is 9.22. The average molecular weight is 526 g/mol. The van der Waals surface area contributed by atoms with E-state index in [1.165, 1.54) is 0 Å². The van der Waals surface area contributed by atoms with Crippen LogP contribution in [0.1, 0.15) is 22.3 Å². The number of halogens is 4. The van der Waals surface area contributed by atoms with Crippen molar-refractivity contribution in [2.45, 2.75) is 13.8 Å². The second kappa shape index (κ2) is 10.8. The van der Waals surface area contributed by atoms with Crippen LogP contribution in [-0.2, 0) is 0 Å². The van der Waals surface area contributed by atoms with Crippen LogP contribution in [0.25, 0.3) is 11.1 Å². The molecule has 0 radical (unpaired) electrons. The number of aliphatic imine (C=N–C) groups is 2. The van der Waals surface area contributed by atoms with Crippen molar-refractivity contribution in [3.63, 3.8) is 0 Å². The van der Waals surface area contributed by atoms with Gasteiger partial charge in [0.05, 0.1) is 21.4 Å². The lowest BCUT2D eigenvalue weighted by molar-refractivity contribution is 1.38. The maximum atomic E-state index is 6.24. The fourth-order valence-corrected chi connectivity index (χ4v) is 4.36. The molecular weight excluding hydrogens is 506 g/mol. The van der Waals surface area contributed by atoms with Crippen LogP contribution in [0.15, 0.2) is 82.8 Å². The zero-order valence-electron chi connectivity index (χ0n) is 18.5. The predicted octanol–water partition coefficient (Wildman–Crippen LogP) is 10.1. The van der Waals surface area contributed by atoms with Crippen LogP contribution in [0.3, 0.4) is 0 Å². The van der Waals surface area contributed by atoms with Gasteiger partial charge in [0, 0.05) is 33.6 Å². The Bertz CT molecular complexity index is 1320. The van der Waals surface area contributed by atoms with Crippen molar-refractivity contribution in [3.05, 3.63) is 115 Å². The van der Waals surface area contributed by atoms with E-state index in [0.29, 0.717) is 20.1 Å². The smallest absolute Gasteiger partial charge is 0.0659 e. The highest BCUT2D eigenvalue weighted by Crippen LogP contribution is 2.31. The third kappa shape index (κ3) is 5.89. The minimum absolute atomic E-state index is 0.571. The van der Waals surface area contributed by atoms with E-state index in [4.69, 9.17) is 46.4 Å². The second-order valence-corrected chi connectivity index (χ2v) is 9.54. The van der Waals surface area contributed by atoms with Crippen molar-refractivity contribution in [2.75, 3.05) is 0 Å². The summed E-state index contributed by atoms with van der Waals surface area (Å²) in [6.45, 7) is 4.09. The number of hydrogen-bond acceptors (Lipinski definition) is 2. The minimum Gasteiger partial charge on any atom is -0.256 e. The molecule has 6 heteroatoms. The Balaban J connectivity index is 1.54. The highest BCUT2D eigenvalue weighted by molar-refractivity contribution is 6.36. The normalized spacial score (nSPS) is 11.6. The van der Waals surface area contributed by atoms with Crippen molar-refractivity contribution >= 4 is 70.2 Å². The first-order chi connectivity index (χ1) is 16.3. The lowest BCUT2D eigenvalue weighted by Gasteiger charge is -2.08. The summed E-state index contributed by atoms with van der Waals surface area (Å²) in [6.07, 6.45) is 3.51. The van der Waals surface area contributed by atoms with E-state index in [-0.39, 0.29) is 0 Å². The number of benzene rings is 4. The molecule has 0 aromatic heterocycles. The fourth-order valence-electron chi connectivity index (χ4n) is 3.45. The molecule has 0 bridgehead atoms. The summed E-state index contributed by atoms with van der Waals surface area (Å²) in [5, 5.41) is 2.34. The number of nitrogens with zero attached hydrogens (tertiary/aromatic N) is 2. The molecule has 0 saturated carbocycles. The number of rotatable bonds is 5. The van der Waals surface area contributed by atoms with Gasteiger partial charge in [-0.3, -0.25) is 9.98 Å². The summed E-state index contributed by atoms with van der Waals surface area (Å²) in [5.41, 5.74) is 7.76. The summed E-state index contributed by atoms with van der Waals surface area (Å²) in [5.74, 6) is 0. The van der Waals surface area contributed by atoms with Gasteiger partial charge in [-0.05, 0) is 84.6 Å². The van der Waals surface area contributed by atoms with Crippen LogP contribution in [-0.4, -0.2) is 12.4 Å². The monoisotopic (exact) mass is 524 g/mol. The Labute approximate surface area is 219 Å². The highest BCUT2D eigenvalue weighted by atomic mass is 35.5. The molecule has 0 unspecified atom stereocenters. The van der Waals surface area contributed by atoms with E-state index in [9.17, 15) is 0 Å². The molecule has 0 spiro atoms. The van der Waals surface area contributed by atoms with E-state index >= 15 is 0 Å². The van der Waals surface area contributed by atoms with Gasteiger partial charge in [-0.25, -0.2) is 0 Å². The van der Waals surface area contributed by atoms with Crippen LogP contribution in [0, 0.1) is 13.8 Å². The van der Waals surface area contributed by atoms with Gasteiger partial charge < -0.3 is 0 Å². The maximum Gasteiger partial charge on any atom is 0.0659 e. The largest absolute Gasteiger partial charge is 0.256 e. The molecule has 4 aromatic rings. The van der Waals surface area contributed by atoms with E-state index in [1.54, 1.807) is 36.7 Å². The van der Waals surface area contributed by atoms with Crippen molar-refractivity contribution in [2.24, 2.45) is 9.98 Å². The lowest BCUT2D eigenvalue weighted by Crippen LogP contribution is -1.86.